The van der Waals surface area contributed by atoms with Gasteiger partial charge < -0.3 is 5.73 Å². The summed E-state index contributed by atoms with van der Waals surface area (Å²) in [6.45, 7) is 8.95. The Bertz CT molecular complexity index is 477. The smallest absolute Gasteiger partial charge is 0.0331 e. The molecule has 4 atom stereocenters. The zero-order chi connectivity index (χ0) is 13.7. The van der Waals surface area contributed by atoms with Gasteiger partial charge in [-0.3, -0.25) is 0 Å². The largest absolute Gasteiger partial charge is 0.324 e. The second-order valence-corrected chi connectivity index (χ2v) is 7.04. The molecule has 1 aromatic carbocycles. The summed E-state index contributed by atoms with van der Waals surface area (Å²) < 4.78 is 0. The molecule has 0 heterocycles. The van der Waals surface area contributed by atoms with E-state index >= 15 is 0 Å². The highest BCUT2D eigenvalue weighted by Gasteiger charge is 2.43. The fourth-order valence-corrected chi connectivity index (χ4v) is 4.70. The number of hydrogen-bond acceptors (Lipinski definition) is 1. The van der Waals surface area contributed by atoms with Gasteiger partial charge >= 0.3 is 0 Å². The van der Waals surface area contributed by atoms with E-state index < -0.39 is 0 Å². The van der Waals surface area contributed by atoms with Crippen LogP contribution in [0.25, 0.3) is 0 Å². The molecule has 2 bridgehead atoms. The van der Waals surface area contributed by atoms with E-state index in [9.17, 15) is 0 Å². The van der Waals surface area contributed by atoms with Crippen molar-refractivity contribution >= 4 is 0 Å². The zero-order valence-corrected chi connectivity index (χ0v) is 12.8. The molecule has 4 unspecified atom stereocenters. The minimum Gasteiger partial charge on any atom is -0.324 e. The van der Waals surface area contributed by atoms with E-state index in [4.69, 9.17) is 5.73 Å². The Labute approximate surface area is 117 Å². The summed E-state index contributed by atoms with van der Waals surface area (Å²) in [6, 6.07) is 2.57. The summed E-state index contributed by atoms with van der Waals surface area (Å²) in [5.74, 6) is 2.62. The summed E-state index contributed by atoms with van der Waals surface area (Å²) in [7, 11) is 0. The van der Waals surface area contributed by atoms with Gasteiger partial charge in [-0.05, 0) is 92.5 Å². The number of benzene rings is 1. The highest BCUT2D eigenvalue weighted by atomic mass is 14.7. The van der Waals surface area contributed by atoms with Crippen LogP contribution < -0.4 is 5.73 Å². The Morgan fingerprint density at radius 3 is 2.11 bits per heavy atom. The number of fused-ring (bicyclic) bond motifs is 2. The zero-order valence-electron chi connectivity index (χ0n) is 12.8. The molecule has 19 heavy (non-hydrogen) atoms. The van der Waals surface area contributed by atoms with Crippen LogP contribution in [0.1, 0.15) is 59.5 Å². The van der Waals surface area contributed by atoms with Crippen LogP contribution in [0.15, 0.2) is 6.07 Å². The second kappa shape index (κ2) is 4.63. The lowest BCUT2D eigenvalue weighted by molar-refractivity contribution is 0.283. The molecule has 2 aliphatic carbocycles. The standard InChI is InChI=1S/C18H27N/c1-10-7-11(2)13(4)17(12(10)3)18(19)16-9-14-5-6-15(16)8-14/h7,14-16,18H,5-6,8-9,19H2,1-4H3. The molecule has 2 aliphatic rings. The molecule has 0 aromatic heterocycles. The quantitative estimate of drug-likeness (QED) is 0.837. The monoisotopic (exact) mass is 257 g/mol. The summed E-state index contributed by atoms with van der Waals surface area (Å²) in [6.07, 6.45) is 5.70. The van der Waals surface area contributed by atoms with Crippen molar-refractivity contribution in [1.82, 2.24) is 0 Å². The van der Waals surface area contributed by atoms with Gasteiger partial charge in [-0.2, -0.15) is 0 Å². The molecule has 0 spiro atoms. The summed E-state index contributed by atoms with van der Waals surface area (Å²) in [4.78, 5) is 0. The Balaban J connectivity index is 1.98. The molecular weight excluding hydrogens is 230 g/mol. The molecule has 2 fully saturated rings. The van der Waals surface area contributed by atoms with E-state index in [1.165, 1.54) is 53.5 Å². The van der Waals surface area contributed by atoms with Gasteiger partial charge in [0.1, 0.15) is 0 Å². The van der Waals surface area contributed by atoms with E-state index in [0.717, 1.165) is 17.8 Å². The second-order valence-electron chi connectivity index (χ2n) is 7.04. The lowest BCUT2D eigenvalue weighted by Crippen LogP contribution is -2.27. The van der Waals surface area contributed by atoms with Crippen molar-refractivity contribution in [2.45, 2.75) is 59.4 Å². The Morgan fingerprint density at radius 1 is 1.00 bits per heavy atom. The van der Waals surface area contributed by atoms with Gasteiger partial charge in [0.25, 0.3) is 0 Å². The maximum Gasteiger partial charge on any atom is 0.0331 e. The molecule has 104 valence electrons. The third-order valence-corrected chi connectivity index (χ3v) is 6.01. The minimum absolute atomic E-state index is 0.258. The SMILES string of the molecule is Cc1cc(C)c(C)c(C(N)C2CC3CCC2C3)c1C. The maximum atomic E-state index is 6.73. The molecule has 1 aromatic rings. The van der Waals surface area contributed by atoms with Gasteiger partial charge in [-0.1, -0.05) is 12.5 Å². The molecule has 2 N–H and O–H groups in total. The van der Waals surface area contributed by atoms with Crippen LogP contribution in [0, 0.1) is 45.4 Å². The molecule has 0 radical (unpaired) electrons. The average molecular weight is 257 g/mol. The third-order valence-electron chi connectivity index (χ3n) is 6.01. The van der Waals surface area contributed by atoms with Crippen LogP contribution in [-0.2, 0) is 0 Å². The molecule has 0 amide bonds. The van der Waals surface area contributed by atoms with Gasteiger partial charge in [0, 0.05) is 6.04 Å². The van der Waals surface area contributed by atoms with Crippen LogP contribution in [0.3, 0.4) is 0 Å². The van der Waals surface area contributed by atoms with Gasteiger partial charge in [-0.25, -0.2) is 0 Å². The lowest BCUT2D eigenvalue weighted by Gasteiger charge is -2.31. The minimum atomic E-state index is 0.258. The molecule has 3 rings (SSSR count). The third kappa shape index (κ3) is 2.03. The number of nitrogens with two attached hydrogens (primary N) is 1. The first-order chi connectivity index (χ1) is 8.99. The highest BCUT2D eigenvalue weighted by molar-refractivity contribution is 5.46. The lowest BCUT2D eigenvalue weighted by atomic mass is 9.77. The van der Waals surface area contributed by atoms with Crippen molar-refractivity contribution in [3.05, 3.63) is 33.9 Å². The van der Waals surface area contributed by atoms with Gasteiger partial charge in [-0.15, -0.1) is 0 Å². The first-order valence-electron chi connectivity index (χ1n) is 7.82. The van der Waals surface area contributed by atoms with E-state index in [-0.39, 0.29) is 6.04 Å². The molecular formula is C18H27N. The fourth-order valence-electron chi connectivity index (χ4n) is 4.70. The molecule has 2 saturated carbocycles. The van der Waals surface area contributed by atoms with E-state index in [1.807, 2.05) is 0 Å². The normalized spacial score (nSPS) is 30.9. The highest BCUT2D eigenvalue weighted by Crippen LogP contribution is 2.52. The van der Waals surface area contributed by atoms with Crippen molar-refractivity contribution in [2.75, 3.05) is 0 Å². The molecule has 0 saturated heterocycles. The van der Waals surface area contributed by atoms with Crippen molar-refractivity contribution in [1.29, 1.82) is 0 Å². The summed E-state index contributed by atoms with van der Waals surface area (Å²) in [5, 5.41) is 0. The Kier molecular flexibility index (Phi) is 3.21. The van der Waals surface area contributed by atoms with Gasteiger partial charge in [0.05, 0.1) is 0 Å². The number of hydrogen-bond donors (Lipinski definition) is 1. The van der Waals surface area contributed by atoms with E-state index in [1.54, 1.807) is 0 Å². The van der Waals surface area contributed by atoms with E-state index in [2.05, 4.69) is 33.8 Å². The van der Waals surface area contributed by atoms with Crippen LogP contribution >= 0.6 is 0 Å². The van der Waals surface area contributed by atoms with Crippen molar-refractivity contribution in [3.8, 4) is 0 Å². The van der Waals surface area contributed by atoms with Crippen LogP contribution in [0.4, 0.5) is 0 Å². The topological polar surface area (TPSA) is 26.0 Å². The number of aryl methyl sites for hydroxylation is 2. The summed E-state index contributed by atoms with van der Waals surface area (Å²) >= 11 is 0. The van der Waals surface area contributed by atoms with Crippen molar-refractivity contribution in [3.63, 3.8) is 0 Å². The fraction of sp³-hybridized carbons (Fsp3) is 0.667. The first-order valence-corrected chi connectivity index (χ1v) is 7.82. The Hall–Kier alpha value is -0.820. The molecule has 1 heteroatoms. The van der Waals surface area contributed by atoms with E-state index in [0.29, 0.717) is 0 Å². The predicted molar refractivity (Wildman–Crippen MR) is 81.3 cm³/mol. The van der Waals surface area contributed by atoms with Gasteiger partial charge in [0.2, 0.25) is 0 Å². The average Bonchev–Trinajstić information content (AvgIpc) is 2.98. The van der Waals surface area contributed by atoms with Crippen LogP contribution in [0.5, 0.6) is 0 Å². The van der Waals surface area contributed by atoms with Crippen molar-refractivity contribution < 1.29 is 0 Å². The molecule has 1 nitrogen and oxygen atoms in total. The first kappa shape index (κ1) is 13.2. The van der Waals surface area contributed by atoms with Crippen molar-refractivity contribution in [2.24, 2.45) is 23.5 Å². The van der Waals surface area contributed by atoms with Crippen LogP contribution in [-0.4, -0.2) is 0 Å². The number of rotatable bonds is 2. The predicted octanol–water partition coefficient (Wildman–Crippen LogP) is 4.36. The van der Waals surface area contributed by atoms with Gasteiger partial charge in [0.15, 0.2) is 0 Å². The summed E-state index contributed by atoms with van der Waals surface area (Å²) in [5.41, 5.74) is 13.8. The molecule has 0 aliphatic heterocycles. The Morgan fingerprint density at radius 2 is 1.63 bits per heavy atom. The van der Waals surface area contributed by atoms with Crippen LogP contribution in [0.2, 0.25) is 0 Å². The maximum absolute atomic E-state index is 6.73.